The first-order valence-electron chi connectivity index (χ1n) is 12.7. The molecule has 0 bridgehead atoms. The molecular formula is C25H20Cl2N6O11S2. The molecule has 0 spiro atoms. The Morgan fingerprint density at radius 1 is 1.13 bits per heavy atom. The van der Waals surface area contributed by atoms with Gasteiger partial charge < -0.3 is 36.3 Å². The Morgan fingerprint density at radius 2 is 1.72 bits per heavy atom. The van der Waals surface area contributed by atoms with Crippen LogP contribution in [-0.2, 0) is 24.0 Å². The van der Waals surface area contributed by atoms with Crippen molar-refractivity contribution in [1.82, 2.24) is 20.1 Å². The van der Waals surface area contributed by atoms with Crippen LogP contribution in [0.2, 0.25) is 10.0 Å². The second kappa shape index (κ2) is 11.6. The van der Waals surface area contributed by atoms with E-state index >= 15 is 0 Å². The number of nitrogens with two attached hydrogens (primary N) is 1. The molecule has 242 valence electrons. The molecule has 4 heterocycles. The molecule has 1 fully saturated rings. The van der Waals surface area contributed by atoms with Crippen LogP contribution in [0.4, 0.5) is 5.13 Å². The standard InChI is InChI=1S/C25H20Cl2N6O11S2/c1-25(2,23(42)43)44-31-12(7-5-46-24(28)29-7)17(36)30-13-20(39)33-14(22(40)41)6(4-45-21(13)33)3-32-18(37)8-9(19(32)38)11(27)16(35)15(34)10(8)26/h5,13,21,34-35H,3-4H2,1-2H3,(H2,28,29)(H,30,36)(H,40,41)(H,42,43)/b31-12-/t13?,21-/m0/s1. The maximum absolute atomic E-state index is 13.3. The molecule has 1 unspecified atom stereocenters. The fourth-order valence-electron chi connectivity index (χ4n) is 4.58. The third-order valence-electron chi connectivity index (χ3n) is 6.99. The van der Waals surface area contributed by atoms with E-state index in [2.05, 4.69) is 15.5 Å². The third-order valence-corrected chi connectivity index (χ3v) is 9.74. The van der Waals surface area contributed by atoms with Gasteiger partial charge in [-0.2, -0.15) is 0 Å². The number of nitrogens with zero attached hydrogens (tertiary/aromatic N) is 4. The summed E-state index contributed by atoms with van der Waals surface area (Å²) in [6.45, 7) is 1.76. The smallest absolute Gasteiger partial charge is 0.352 e. The van der Waals surface area contributed by atoms with Crippen LogP contribution in [0.3, 0.4) is 0 Å². The molecule has 7 N–H and O–H groups in total. The molecule has 17 nitrogen and oxygen atoms in total. The molecule has 46 heavy (non-hydrogen) atoms. The van der Waals surface area contributed by atoms with E-state index in [0.717, 1.165) is 28.0 Å². The van der Waals surface area contributed by atoms with Crippen molar-refractivity contribution in [3.05, 3.63) is 43.5 Å². The van der Waals surface area contributed by atoms with Gasteiger partial charge in [-0.05, 0) is 19.4 Å². The maximum Gasteiger partial charge on any atom is 0.352 e. The monoisotopic (exact) mass is 714 g/mol. The molecular weight excluding hydrogens is 695 g/mol. The van der Waals surface area contributed by atoms with Crippen LogP contribution in [0.15, 0.2) is 21.8 Å². The summed E-state index contributed by atoms with van der Waals surface area (Å²) < 4.78 is 0. The van der Waals surface area contributed by atoms with Crippen molar-refractivity contribution in [1.29, 1.82) is 0 Å². The Hall–Kier alpha value is -4.59. The number of nitrogen functional groups attached to an aromatic ring is 1. The molecule has 1 saturated heterocycles. The topological polar surface area (TPSA) is 262 Å². The number of nitrogens with one attached hydrogen (secondary N) is 1. The number of thioether (sulfide) groups is 1. The van der Waals surface area contributed by atoms with E-state index < -0.39 is 103 Å². The molecule has 4 amide bonds. The van der Waals surface area contributed by atoms with Gasteiger partial charge in [-0.15, -0.1) is 23.1 Å². The first kappa shape index (κ1) is 32.8. The van der Waals surface area contributed by atoms with Gasteiger partial charge in [0.25, 0.3) is 23.6 Å². The lowest BCUT2D eigenvalue weighted by atomic mass is 10.0. The zero-order valence-corrected chi connectivity index (χ0v) is 26.4. The van der Waals surface area contributed by atoms with E-state index in [-0.39, 0.29) is 22.2 Å². The van der Waals surface area contributed by atoms with E-state index in [9.17, 15) is 49.2 Å². The Bertz CT molecular complexity index is 1790. The van der Waals surface area contributed by atoms with Gasteiger partial charge in [0.05, 0.1) is 27.7 Å². The van der Waals surface area contributed by atoms with Gasteiger partial charge in [-0.25, -0.2) is 14.6 Å². The Morgan fingerprint density at radius 3 is 2.22 bits per heavy atom. The molecule has 3 aliphatic rings. The van der Waals surface area contributed by atoms with E-state index in [1.165, 1.54) is 19.2 Å². The summed E-state index contributed by atoms with van der Waals surface area (Å²) in [5.41, 5.74) is 1.73. The number of phenolic OH excluding ortho intramolecular Hbond substituents is 2. The number of carbonyl (C=O) groups is 6. The maximum atomic E-state index is 13.3. The molecule has 2 atom stereocenters. The minimum absolute atomic E-state index is 0.0217. The lowest BCUT2D eigenvalue weighted by molar-refractivity contribution is -0.161. The number of anilines is 1. The second-order valence-electron chi connectivity index (χ2n) is 10.3. The van der Waals surface area contributed by atoms with Crippen LogP contribution in [0.5, 0.6) is 11.5 Å². The first-order valence-corrected chi connectivity index (χ1v) is 15.4. The molecule has 1 aromatic carbocycles. The van der Waals surface area contributed by atoms with Gasteiger partial charge in [-0.1, -0.05) is 28.4 Å². The number of carboxylic acids is 2. The van der Waals surface area contributed by atoms with E-state index in [4.69, 9.17) is 33.8 Å². The van der Waals surface area contributed by atoms with Crippen molar-refractivity contribution in [2.75, 3.05) is 18.0 Å². The number of β-lactam (4-membered cyclic amide) rings is 1. The van der Waals surface area contributed by atoms with Crippen LogP contribution < -0.4 is 11.1 Å². The van der Waals surface area contributed by atoms with E-state index in [0.29, 0.717) is 4.90 Å². The van der Waals surface area contributed by atoms with E-state index in [1.54, 1.807) is 0 Å². The molecule has 3 aliphatic heterocycles. The number of hydrogen-bond donors (Lipinski definition) is 6. The minimum Gasteiger partial charge on any atom is -0.503 e. The largest absolute Gasteiger partial charge is 0.503 e. The van der Waals surface area contributed by atoms with Crippen molar-refractivity contribution >= 4 is 92.7 Å². The number of aromatic hydroxyl groups is 2. The molecule has 0 saturated carbocycles. The predicted octanol–water partition coefficient (Wildman–Crippen LogP) is 1.06. The molecule has 1 aromatic heterocycles. The molecule has 2 aromatic rings. The zero-order valence-electron chi connectivity index (χ0n) is 23.2. The third kappa shape index (κ3) is 5.23. The summed E-state index contributed by atoms with van der Waals surface area (Å²) >= 11 is 14.0. The Labute approximate surface area is 275 Å². The van der Waals surface area contributed by atoms with Crippen molar-refractivity contribution < 1.29 is 54.0 Å². The highest BCUT2D eigenvalue weighted by molar-refractivity contribution is 8.00. The number of oxime groups is 1. The number of amides is 4. The number of fused-ring (bicyclic) bond motifs is 2. The Balaban J connectivity index is 1.39. The minimum atomic E-state index is -1.84. The van der Waals surface area contributed by atoms with Crippen molar-refractivity contribution in [2.24, 2.45) is 5.16 Å². The van der Waals surface area contributed by atoms with Crippen molar-refractivity contribution in [3.63, 3.8) is 0 Å². The molecule has 5 rings (SSSR count). The van der Waals surface area contributed by atoms with Crippen LogP contribution >= 0.6 is 46.3 Å². The van der Waals surface area contributed by atoms with Crippen LogP contribution in [0.1, 0.15) is 40.3 Å². The number of carbonyl (C=O) groups excluding carboxylic acids is 4. The molecule has 21 heteroatoms. The highest BCUT2D eigenvalue weighted by Crippen LogP contribution is 2.48. The summed E-state index contributed by atoms with van der Waals surface area (Å²) in [6.07, 6.45) is 0. The Kier molecular flexibility index (Phi) is 8.30. The number of phenols is 2. The van der Waals surface area contributed by atoms with Crippen LogP contribution in [-0.4, -0.2) is 106 Å². The average Bonchev–Trinajstić information content (AvgIpc) is 3.53. The van der Waals surface area contributed by atoms with E-state index in [1.807, 2.05) is 0 Å². The highest BCUT2D eigenvalue weighted by atomic mass is 35.5. The highest BCUT2D eigenvalue weighted by Gasteiger charge is 2.55. The summed E-state index contributed by atoms with van der Waals surface area (Å²) in [6, 6.07) is -1.27. The van der Waals surface area contributed by atoms with Gasteiger partial charge in [0, 0.05) is 11.1 Å². The lowest BCUT2D eigenvalue weighted by Gasteiger charge is -2.49. The normalized spacial score (nSPS) is 19.6. The van der Waals surface area contributed by atoms with Crippen molar-refractivity contribution in [3.8, 4) is 11.5 Å². The summed E-state index contributed by atoms with van der Waals surface area (Å²) in [7, 11) is 0. The SMILES string of the molecule is CC(C)(O/N=C(\C(=O)NC1C(=O)N2C(C(=O)O)=C(CN3C(=O)c4c(Cl)c(O)c(O)c(Cl)c4C3=O)CS[C@@H]12)c1csc(N)n1)C(=O)O. The van der Waals surface area contributed by atoms with Crippen molar-refractivity contribution in [2.45, 2.75) is 30.9 Å². The summed E-state index contributed by atoms with van der Waals surface area (Å²) in [5, 5.41) is 44.7. The number of imide groups is 1. The number of aliphatic carboxylic acids is 2. The molecule has 0 aliphatic carbocycles. The van der Waals surface area contributed by atoms with Gasteiger partial charge in [0.15, 0.2) is 22.3 Å². The fourth-order valence-corrected chi connectivity index (χ4v) is 6.99. The summed E-state index contributed by atoms with van der Waals surface area (Å²) in [5.74, 6) is -8.79. The van der Waals surface area contributed by atoms with Gasteiger partial charge >= 0.3 is 11.9 Å². The number of carboxylic acid groups (broad SMARTS) is 2. The van der Waals surface area contributed by atoms with Gasteiger partial charge in [0.1, 0.15) is 22.8 Å². The molecule has 0 radical (unpaired) electrons. The lowest BCUT2D eigenvalue weighted by Crippen LogP contribution is -2.71. The number of rotatable bonds is 9. The number of aromatic nitrogens is 1. The van der Waals surface area contributed by atoms with Crippen LogP contribution in [0, 0.1) is 0 Å². The first-order chi connectivity index (χ1) is 21.5. The second-order valence-corrected chi connectivity index (χ2v) is 13.1. The quantitative estimate of drug-likeness (QED) is 0.0698. The van der Waals surface area contributed by atoms with Crippen LogP contribution in [0.25, 0.3) is 0 Å². The number of hydrogen-bond acceptors (Lipinski definition) is 14. The predicted molar refractivity (Wildman–Crippen MR) is 161 cm³/mol. The van der Waals surface area contributed by atoms with Gasteiger partial charge in [0.2, 0.25) is 5.60 Å². The summed E-state index contributed by atoms with van der Waals surface area (Å²) in [4.78, 5) is 87.1. The average molecular weight is 716 g/mol. The number of thiazole rings is 1. The number of benzene rings is 1. The zero-order chi connectivity index (χ0) is 34.0. The number of halogens is 2. The van der Waals surface area contributed by atoms with Gasteiger partial charge in [-0.3, -0.25) is 29.0 Å². The fraction of sp³-hybridized carbons (Fsp3) is 0.280.